The van der Waals surface area contributed by atoms with Crippen molar-refractivity contribution in [3.8, 4) is 5.75 Å². The molecule has 0 saturated heterocycles. The summed E-state index contributed by atoms with van der Waals surface area (Å²) in [7, 11) is 1.61. The molecule has 0 aliphatic carbocycles. The fourth-order valence-electron chi connectivity index (χ4n) is 2.12. The van der Waals surface area contributed by atoms with Crippen molar-refractivity contribution in [1.82, 2.24) is 4.98 Å². The number of carbonyl (C=O) groups excluding carboxylic acids is 1. The first-order valence-electron chi connectivity index (χ1n) is 6.45. The van der Waals surface area contributed by atoms with Gasteiger partial charge in [-0.25, -0.2) is 0 Å². The minimum absolute atomic E-state index is 0.0128. The Morgan fingerprint density at radius 2 is 2.10 bits per heavy atom. The second-order valence-electron chi connectivity index (χ2n) is 4.42. The Bertz CT molecular complexity index is 626. The van der Waals surface area contributed by atoms with Crippen molar-refractivity contribution in [2.45, 2.75) is 19.8 Å². The molecule has 104 valence electrons. The number of Topliss-reactive ketones (excluding diaryl/α,β-unsaturated/α-hetero) is 1. The molecule has 3 nitrogen and oxygen atoms in total. The molecule has 4 heteroatoms. The van der Waals surface area contributed by atoms with Crippen LogP contribution >= 0.6 is 15.9 Å². The molecule has 1 aromatic heterocycles. The maximum Gasteiger partial charge on any atom is 0.185 e. The van der Waals surface area contributed by atoms with Crippen molar-refractivity contribution in [2.75, 3.05) is 7.11 Å². The van der Waals surface area contributed by atoms with Crippen molar-refractivity contribution in [1.29, 1.82) is 0 Å². The number of ether oxygens (including phenoxy) is 1. The van der Waals surface area contributed by atoms with Gasteiger partial charge in [0.25, 0.3) is 0 Å². The molecule has 0 saturated carbocycles. The van der Waals surface area contributed by atoms with Crippen LogP contribution in [0.2, 0.25) is 0 Å². The summed E-state index contributed by atoms with van der Waals surface area (Å²) >= 11 is 3.42. The van der Waals surface area contributed by atoms with E-state index in [0.29, 0.717) is 5.69 Å². The van der Waals surface area contributed by atoms with E-state index in [1.807, 2.05) is 37.3 Å². The summed E-state index contributed by atoms with van der Waals surface area (Å²) in [5, 5.41) is 0. The maximum absolute atomic E-state index is 12.4. The average Bonchev–Trinajstić information content (AvgIpc) is 2.47. The molecule has 2 aromatic rings. The van der Waals surface area contributed by atoms with E-state index in [-0.39, 0.29) is 12.2 Å². The third-order valence-electron chi connectivity index (χ3n) is 3.13. The number of nitrogens with zero attached hydrogens (tertiary/aromatic N) is 1. The highest BCUT2D eigenvalue weighted by atomic mass is 79.9. The predicted molar refractivity (Wildman–Crippen MR) is 82.3 cm³/mol. The van der Waals surface area contributed by atoms with Crippen LogP contribution in [0.1, 0.15) is 28.5 Å². The summed E-state index contributed by atoms with van der Waals surface area (Å²) in [5.74, 6) is 0.731. The first-order chi connectivity index (χ1) is 9.65. The number of hydrogen-bond donors (Lipinski definition) is 0. The number of halogens is 1. The molecule has 1 heterocycles. The lowest BCUT2D eigenvalue weighted by molar-refractivity contribution is 0.0986. The summed E-state index contributed by atoms with van der Waals surface area (Å²) in [6, 6.07) is 9.45. The van der Waals surface area contributed by atoms with Crippen molar-refractivity contribution in [3.63, 3.8) is 0 Å². The number of benzene rings is 1. The Morgan fingerprint density at radius 3 is 2.80 bits per heavy atom. The molecule has 0 fully saturated rings. The van der Waals surface area contributed by atoms with E-state index in [1.165, 1.54) is 0 Å². The highest BCUT2D eigenvalue weighted by Crippen LogP contribution is 2.24. The Balaban J connectivity index is 2.30. The van der Waals surface area contributed by atoms with E-state index in [9.17, 15) is 4.79 Å². The zero-order valence-corrected chi connectivity index (χ0v) is 13.1. The van der Waals surface area contributed by atoms with Gasteiger partial charge in [0.2, 0.25) is 0 Å². The van der Waals surface area contributed by atoms with Crippen LogP contribution in [0, 0.1) is 0 Å². The number of rotatable bonds is 5. The van der Waals surface area contributed by atoms with Gasteiger partial charge in [-0.1, -0.05) is 28.9 Å². The molecule has 0 amide bonds. The predicted octanol–water partition coefficient (Wildman–Crippen LogP) is 3.84. The highest BCUT2D eigenvalue weighted by molar-refractivity contribution is 9.10. The van der Waals surface area contributed by atoms with E-state index < -0.39 is 0 Å². The zero-order valence-electron chi connectivity index (χ0n) is 11.5. The molecule has 0 atom stereocenters. The quantitative estimate of drug-likeness (QED) is 0.780. The van der Waals surface area contributed by atoms with Gasteiger partial charge in [0.05, 0.1) is 7.11 Å². The Morgan fingerprint density at radius 1 is 1.30 bits per heavy atom. The van der Waals surface area contributed by atoms with Gasteiger partial charge in [0, 0.05) is 22.7 Å². The van der Waals surface area contributed by atoms with E-state index in [1.54, 1.807) is 13.3 Å². The van der Waals surface area contributed by atoms with Crippen LogP contribution in [0.4, 0.5) is 0 Å². The van der Waals surface area contributed by atoms with Crippen molar-refractivity contribution >= 4 is 21.7 Å². The van der Waals surface area contributed by atoms with Gasteiger partial charge in [-0.05, 0) is 36.2 Å². The second kappa shape index (κ2) is 6.66. The molecule has 1 aromatic carbocycles. The molecule has 0 radical (unpaired) electrons. The van der Waals surface area contributed by atoms with Gasteiger partial charge in [0.15, 0.2) is 5.78 Å². The van der Waals surface area contributed by atoms with Gasteiger partial charge in [-0.15, -0.1) is 0 Å². The number of aromatic nitrogens is 1. The molecule has 0 aliphatic rings. The lowest BCUT2D eigenvalue weighted by Crippen LogP contribution is -2.10. The summed E-state index contributed by atoms with van der Waals surface area (Å²) < 4.78 is 6.23. The first kappa shape index (κ1) is 14.7. The standard InChI is InChI=1S/C16H16BrNO2/c1-3-11-5-4-8-18-16(11)14(19)10-12-9-13(17)6-7-15(12)20-2/h4-9H,3,10H2,1-2H3. The topological polar surface area (TPSA) is 39.2 Å². The van der Waals surface area contributed by atoms with Crippen LogP contribution in [0.25, 0.3) is 0 Å². The van der Waals surface area contributed by atoms with Crippen molar-refractivity contribution in [2.24, 2.45) is 0 Å². The Hall–Kier alpha value is -1.68. The van der Waals surface area contributed by atoms with E-state index in [4.69, 9.17) is 4.74 Å². The average molecular weight is 334 g/mol. The summed E-state index contributed by atoms with van der Waals surface area (Å²) in [4.78, 5) is 16.7. The summed E-state index contributed by atoms with van der Waals surface area (Å²) in [5.41, 5.74) is 2.39. The lowest BCUT2D eigenvalue weighted by atomic mass is 10.0. The van der Waals surface area contributed by atoms with Crippen LogP contribution in [0.3, 0.4) is 0 Å². The molecule has 0 aliphatic heterocycles. The fraction of sp³-hybridized carbons (Fsp3) is 0.250. The molecule has 0 spiro atoms. The van der Waals surface area contributed by atoms with Gasteiger partial charge >= 0.3 is 0 Å². The van der Waals surface area contributed by atoms with Gasteiger partial charge < -0.3 is 4.74 Å². The molecule has 0 unspecified atom stereocenters. The van der Waals surface area contributed by atoms with Crippen LogP contribution in [0.5, 0.6) is 5.75 Å². The number of pyridine rings is 1. The smallest absolute Gasteiger partial charge is 0.185 e. The molecule has 20 heavy (non-hydrogen) atoms. The van der Waals surface area contributed by atoms with E-state index in [2.05, 4.69) is 20.9 Å². The van der Waals surface area contributed by atoms with Crippen molar-refractivity contribution in [3.05, 3.63) is 57.8 Å². The van der Waals surface area contributed by atoms with E-state index >= 15 is 0 Å². The normalized spacial score (nSPS) is 10.3. The number of carbonyl (C=O) groups is 1. The summed E-state index contributed by atoms with van der Waals surface area (Å²) in [6.07, 6.45) is 2.74. The van der Waals surface area contributed by atoms with Crippen LogP contribution in [-0.2, 0) is 12.8 Å². The fourth-order valence-corrected chi connectivity index (χ4v) is 2.53. The number of methoxy groups -OCH3 is 1. The second-order valence-corrected chi connectivity index (χ2v) is 5.34. The number of aryl methyl sites for hydroxylation is 1. The number of ketones is 1. The zero-order chi connectivity index (χ0) is 14.5. The Labute approximate surface area is 127 Å². The maximum atomic E-state index is 12.4. The SMILES string of the molecule is CCc1cccnc1C(=O)Cc1cc(Br)ccc1OC. The highest BCUT2D eigenvalue weighted by Gasteiger charge is 2.15. The van der Waals surface area contributed by atoms with Crippen LogP contribution < -0.4 is 4.74 Å². The monoisotopic (exact) mass is 333 g/mol. The minimum atomic E-state index is 0.0128. The molecule has 0 N–H and O–H groups in total. The Kier molecular flexibility index (Phi) is 4.90. The molecular weight excluding hydrogens is 318 g/mol. The number of hydrogen-bond acceptors (Lipinski definition) is 3. The molecule has 0 bridgehead atoms. The summed E-state index contributed by atoms with van der Waals surface area (Å²) in [6.45, 7) is 2.02. The van der Waals surface area contributed by atoms with E-state index in [0.717, 1.165) is 27.8 Å². The molecular formula is C16H16BrNO2. The van der Waals surface area contributed by atoms with Gasteiger partial charge in [-0.2, -0.15) is 0 Å². The largest absolute Gasteiger partial charge is 0.496 e. The van der Waals surface area contributed by atoms with Gasteiger partial charge in [0.1, 0.15) is 11.4 Å². The lowest BCUT2D eigenvalue weighted by Gasteiger charge is -2.09. The minimum Gasteiger partial charge on any atom is -0.496 e. The third kappa shape index (κ3) is 3.25. The molecule has 2 rings (SSSR count). The van der Waals surface area contributed by atoms with Crippen molar-refractivity contribution < 1.29 is 9.53 Å². The third-order valence-corrected chi connectivity index (χ3v) is 3.62. The van der Waals surface area contributed by atoms with Crippen LogP contribution in [-0.4, -0.2) is 17.9 Å². The first-order valence-corrected chi connectivity index (χ1v) is 7.24. The van der Waals surface area contributed by atoms with Gasteiger partial charge in [-0.3, -0.25) is 9.78 Å². The van der Waals surface area contributed by atoms with Crippen LogP contribution in [0.15, 0.2) is 41.0 Å².